The molecule has 0 bridgehead atoms. The highest BCUT2D eigenvalue weighted by Gasteiger charge is 2.11. The van der Waals surface area contributed by atoms with Gasteiger partial charge in [-0.3, -0.25) is 0 Å². The second kappa shape index (κ2) is 6.44. The maximum Gasteiger partial charge on any atom is 0.160 e. The molecule has 0 spiro atoms. The third-order valence-electron chi connectivity index (χ3n) is 3.49. The molecule has 1 unspecified atom stereocenters. The van der Waals surface area contributed by atoms with Gasteiger partial charge in [0.15, 0.2) is 11.5 Å². The van der Waals surface area contributed by atoms with E-state index in [1.165, 1.54) is 11.1 Å². The summed E-state index contributed by atoms with van der Waals surface area (Å²) < 4.78 is 10.6. The zero-order valence-electron chi connectivity index (χ0n) is 12.2. The summed E-state index contributed by atoms with van der Waals surface area (Å²) in [5.74, 6) is 1.47. The van der Waals surface area contributed by atoms with E-state index in [0.29, 0.717) is 0 Å². The summed E-state index contributed by atoms with van der Waals surface area (Å²) in [6, 6.07) is 14.1. The molecule has 0 saturated carbocycles. The molecule has 0 fully saturated rings. The molecular weight excluding hydrogens is 250 g/mol. The smallest absolute Gasteiger partial charge is 0.160 e. The molecule has 3 nitrogen and oxygen atoms in total. The van der Waals surface area contributed by atoms with E-state index in [1.54, 1.807) is 14.2 Å². The van der Waals surface area contributed by atoms with Gasteiger partial charge in [0.1, 0.15) is 0 Å². The summed E-state index contributed by atoms with van der Waals surface area (Å²) in [5, 5.41) is 0. The van der Waals surface area contributed by atoms with Gasteiger partial charge in [0.25, 0.3) is 0 Å². The lowest BCUT2D eigenvalue weighted by Gasteiger charge is -2.16. The number of hydrogen-bond donors (Lipinski definition) is 1. The largest absolute Gasteiger partial charge is 0.493 e. The SMILES string of the molecule is COc1ccc(CC(N)c2ccccc2C)cc1OC. The maximum atomic E-state index is 6.32. The number of methoxy groups -OCH3 is 2. The molecule has 20 heavy (non-hydrogen) atoms. The van der Waals surface area contributed by atoms with Crippen molar-refractivity contribution in [2.24, 2.45) is 5.73 Å². The Morgan fingerprint density at radius 1 is 1.00 bits per heavy atom. The predicted octanol–water partition coefficient (Wildman–Crippen LogP) is 3.25. The third kappa shape index (κ3) is 3.11. The lowest BCUT2D eigenvalue weighted by molar-refractivity contribution is 0.354. The number of hydrogen-bond acceptors (Lipinski definition) is 3. The Balaban J connectivity index is 2.20. The fourth-order valence-corrected chi connectivity index (χ4v) is 2.37. The topological polar surface area (TPSA) is 44.5 Å². The summed E-state index contributed by atoms with van der Waals surface area (Å²) in [6.45, 7) is 2.09. The van der Waals surface area contributed by atoms with Crippen LogP contribution in [0, 0.1) is 6.92 Å². The minimum atomic E-state index is -0.0192. The molecule has 0 radical (unpaired) electrons. The Kier molecular flexibility index (Phi) is 4.64. The van der Waals surface area contributed by atoms with Gasteiger partial charge in [-0.1, -0.05) is 30.3 Å². The number of ether oxygens (including phenoxy) is 2. The van der Waals surface area contributed by atoms with Gasteiger partial charge < -0.3 is 15.2 Å². The summed E-state index contributed by atoms with van der Waals surface area (Å²) in [4.78, 5) is 0. The van der Waals surface area contributed by atoms with Gasteiger partial charge in [-0.15, -0.1) is 0 Å². The molecule has 2 aromatic rings. The summed E-state index contributed by atoms with van der Waals surface area (Å²) >= 11 is 0. The first-order valence-electron chi connectivity index (χ1n) is 6.67. The van der Waals surface area contributed by atoms with E-state index in [4.69, 9.17) is 15.2 Å². The second-order valence-electron chi connectivity index (χ2n) is 4.86. The molecule has 0 aliphatic rings. The molecule has 0 amide bonds. The Bertz CT molecular complexity index is 581. The van der Waals surface area contributed by atoms with E-state index >= 15 is 0 Å². The zero-order chi connectivity index (χ0) is 14.5. The minimum Gasteiger partial charge on any atom is -0.493 e. The molecule has 2 rings (SSSR count). The number of aryl methyl sites for hydroxylation is 1. The van der Waals surface area contributed by atoms with E-state index in [9.17, 15) is 0 Å². The van der Waals surface area contributed by atoms with Crippen molar-refractivity contribution >= 4 is 0 Å². The molecule has 0 saturated heterocycles. The lowest BCUT2D eigenvalue weighted by Crippen LogP contribution is -2.14. The highest BCUT2D eigenvalue weighted by Crippen LogP contribution is 2.29. The number of nitrogens with two attached hydrogens (primary N) is 1. The van der Waals surface area contributed by atoms with Crippen LogP contribution in [0.1, 0.15) is 22.7 Å². The van der Waals surface area contributed by atoms with Crippen LogP contribution in [0.25, 0.3) is 0 Å². The van der Waals surface area contributed by atoms with Crippen molar-refractivity contribution in [2.45, 2.75) is 19.4 Å². The van der Waals surface area contributed by atoms with Gasteiger partial charge in [-0.05, 0) is 42.2 Å². The molecule has 0 aromatic heterocycles. The van der Waals surface area contributed by atoms with Crippen LogP contribution in [0.15, 0.2) is 42.5 Å². The quantitative estimate of drug-likeness (QED) is 0.908. The lowest BCUT2D eigenvalue weighted by atomic mass is 9.96. The van der Waals surface area contributed by atoms with Gasteiger partial charge >= 0.3 is 0 Å². The molecule has 3 heteroatoms. The average molecular weight is 271 g/mol. The Labute approximate surface area is 120 Å². The van der Waals surface area contributed by atoms with Gasteiger partial charge in [0, 0.05) is 6.04 Å². The molecule has 0 heterocycles. The van der Waals surface area contributed by atoms with E-state index in [0.717, 1.165) is 23.5 Å². The molecule has 106 valence electrons. The molecular formula is C17H21NO2. The van der Waals surface area contributed by atoms with Crippen LogP contribution in [-0.4, -0.2) is 14.2 Å². The van der Waals surface area contributed by atoms with E-state index in [1.807, 2.05) is 30.3 Å². The van der Waals surface area contributed by atoms with Crippen LogP contribution in [-0.2, 0) is 6.42 Å². The number of benzene rings is 2. The highest BCUT2D eigenvalue weighted by atomic mass is 16.5. The third-order valence-corrected chi connectivity index (χ3v) is 3.49. The van der Waals surface area contributed by atoms with E-state index < -0.39 is 0 Å². The predicted molar refractivity (Wildman–Crippen MR) is 81.4 cm³/mol. The maximum absolute atomic E-state index is 6.32. The molecule has 0 aliphatic carbocycles. The van der Waals surface area contributed by atoms with Crippen molar-refractivity contribution in [3.05, 3.63) is 59.2 Å². The summed E-state index contributed by atoms with van der Waals surface area (Å²) in [7, 11) is 3.28. The number of rotatable bonds is 5. The second-order valence-corrected chi connectivity index (χ2v) is 4.86. The first-order chi connectivity index (χ1) is 9.65. The standard InChI is InChI=1S/C17H21NO2/c1-12-6-4-5-7-14(12)15(18)10-13-8-9-16(19-2)17(11-13)20-3/h4-9,11,15H,10,18H2,1-3H3. The van der Waals surface area contributed by atoms with E-state index in [-0.39, 0.29) is 6.04 Å². The fourth-order valence-electron chi connectivity index (χ4n) is 2.37. The summed E-state index contributed by atoms with van der Waals surface area (Å²) in [5.41, 5.74) is 9.86. The molecule has 1 atom stereocenters. The van der Waals surface area contributed by atoms with Crippen molar-refractivity contribution in [3.8, 4) is 11.5 Å². The van der Waals surface area contributed by atoms with Crippen molar-refractivity contribution in [1.82, 2.24) is 0 Å². The first-order valence-corrected chi connectivity index (χ1v) is 6.67. The van der Waals surface area contributed by atoms with Crippen molar-refractivity contribution in [3.63, 3.8) is 0 Å². The zero-order valence-corrected chi connectivity index (χ0v) is 12.2. The molecule has 0 aliphatic heterocycles. The van der Waals surface area contributed by atoms with Crippen molar-refractivity contribution in [1.29, 1.82) is 0 Å². The van der Waals surface area contributed by atoms with Crippen LogP contribution in [0.5, 0.6) is 11.5 Å². The first kappa shape index (κ1) is 14.4. The molecule has 2 N–H and O–H groups in total. The van der Waals surface area contributed by atoms with Crippen LogP contribution in [0.4, 0.5) is 0 Å². The fraction of sp³-hybridized carbons (Fsp3) is 0.294. The van der Waals surface area contributed by atoms with Crippen LogP contribution < -0.4 is 15.2 Å². The van der Waals surface area contributed by atoms with Gasteiger partial charge in [-0.2, -0.15) is 0 Å². The van der Waals surface area contributed by atoms with Gasteiger partial charge in [0.05, 0.1) is 14.2 Å². The van der Waals surface area contributed by atoms with Crippen LogP contribution in [0.2, 0.25) is 0 Å². The van der Waals surface area contributed by atoms with Crippen molar-refractivity contribution in [2.75, 3.05) is 14.2 Å². The summed E-state index contributed by atoms with van der Waals surface area (Å²) in [6.07, 6.45) is 0.769. The Morgan fingerprint density at radius 2 is 1.70 bits per heavy atom. The normalized spacial score (nSPS) is 12.0. The highest BCUT2D eigenvalue weighted by molar-refractivity contribution is 5.43. The average Bonchev–Trinajstić information content (AvgIpc) is 2.47. The minimum absolute atomic E-state index is 0.0192. The monoisotopic (exact) mass is 271 g/mol. The Hall–Kier alpha value is -2.00. The van der Waals surface area contributed by atoms with Gasteiger partial charge in [-0.25, -0.2) is 0 Å². The van der Waals surface area contributed by atoms with Crippen LogP contribution >= 0.6 is 0 Å². The van der Waals surface area contributed by atoms with Crippen molar-refractivity contribution < 1.29 is 9.47 Å². The van der Waals surface area contributed by atoms with E-state index in [2.05, 4.69) is 19.1 Å². The van der Waals surface area contributed by atoms with Gasteiger partial charge in [0.2, 0.25) is 0 Å². The van der Waals surface area contributed by atoms with Crippen LogP contribution in [0.3, 0.4) is 0 Å². The Morgan fingerprint density at radius 3 is 2.35 bits per heavy atom. The molecule has 2 aromatic carbocycles.